The molecule has 0 aromatic heterocycles. The number of amides is 2. The number of hydrogen-bond acceptors (Lipinski definition) is 7. The molecule has 1 heterocycles. The van der Waals surface area contributed by atoms with Crippen molar-refractivity contribution < 1.29 is 28.0 Å². The summed E-state index contributed by atoms with van der Waals surface area (Å²) in [5.41, 5.74) is 4.79. The van der Waals surface area contributed by atoms with Gasteiger partial charge in [0.2, 0.25) is 15.9 Å². The summed E-state index contributed by atoms with van der Waals surface area (Å²) in [5, 5.41) is 17.4. The smallest absolute Gasteiger partial charge is 0.273 e. The van der Waals surface area contributed by atoms with Gasteiger partial charge in [-0.2, -0.15) is 0 Å². The topological polar surface area (TPSA) is 137 Å². The maximum atomic E-state index is 13.9. The number of sulfonamides is 1. The van der Waals surface area contributed by atoms with E-state index in [4.69, 9.17) is 4.84 Å². The first kappa shape index (κ1) is 31.4. The van der Waals surface area contributed by atoms with Crippen molar-refractivity contribution in [3.05, 3.63) is 94.3 Å². The molecule has 1 fully saturated rings. The van der Waals surface area contributed by atoms with Gasteiger partial charge in [0.15, 0.2) is 0 Å². The molecule has 2 aromatic carbocycles. The summed E-state index contributed by atoms with van der Waals surface area (Å²) in [7, 11) is -3.89. The average molecular weight is 597 g/mol. The first-order valence-electron chi connectivity index (χ1n) is 14.1. The average Bonchev–Trinajstić information content (AvgIpc) is 3.76. The van der Waals surface area contributed by atoms with Crippen LogP contribution in [0.25, 0.3) is 0 Å². The lowest BCUT2D eigenvalue weighted by Gasteiger charge is -2.36. The van der Waals surface area contributed by atoms with E-state index in [9.17, 15) is 23.1 Å². The molecular formula is C31H40N4O6S. The Balaban J connectivity index is 1.58. The SMILES string of the molecule is CC1=C(C(=O)NOCc2ccccc2)C(C)C(C(=O)N[C@@H](Cc2ccccc2)[C@H](O)CNC2CC2)=C(C)N1S(C)(=O)=O. The third kappa shape index (κ3) is 7.86. The van der Waals surface area contributed by atoms with Crippen molar-refractivity contribution in [1.29, 1.82) is 0 Å². The molecule has 1 aliphatic carbocycles. The molecule has 0 spiro atoms. The van der Waals surface area contributed by atoms with Gasteiger partial charge in [-0.05, 0) is 44.2 Å². The van der Waals surface area contributed by atoms with E-state index in [0.29, 0.717) is 19.0 Å². The Morgan fingerprint density at radius 1 is 0.952 bits per heavy atom. The molecule has 1 aliphatic heterocycles. The van der Waals surface area contributed by atoms with Gasteiger partial charge in [-0.1, -0.05) is 67.6 Å². The third-order valence-electron chi connectivity index (χ3n) is 7.59. The van der Waals surface area contributed by atoms with Crippen molar-refractivity contribution in [2.45, 2.75) is 64.8 Å². The molecule has 4 rings (SSSR count). The highest BCUT2D eigenvalue weighted by molar-refractivity contribution is 7.88. The Kier molecular flexibility index (Phi) is 10.2. The number of hydrogen-bond donors (Lipinski definition) is 4. The van der Waals surface area contributed by atoms with Crippen molar-refractivity contribution in [1.82, 2.24) is 20.4 Å². The van der Waals surface area contributed by atoms with E-state index in [1.807, 2.05) is 60.7 Å². The predicted octanol–water partition coefficient (Wildman–Crippen LogP) is 2.53. The van der Waals surface area contributed by atoms with Gasteiger partial charge in [0, 0.05) is 41.0 Å². The van der Waals surface area contributed by atoms with E-state index >= 15 is 0 Å². The number of aliphatic hydroxyl groups is 1. The molecule has 226 valence electrons. The van der Waals surface area contributed by atoms with Crippen molar-refractivity contribution >= 4 is 21.8 Å². The van der Waals surface area contributed by atoms with E-state index in [1.165, 1.54) is 6.92 Å². The van der Waals surface area contributed by atoms with Crippen molar-refractivity contribution in [2.75, 3.05) is 12.8 Å². The molecule has 0 saturated heterocycles. The minimum absolute atomic E-state index is 0.0970. The van der Waals surface area contributed by atoms with E-state index in [0.717, 1.165) is 34.5 Å². The van der Waals surface area contributed by atoms with Crippen molar-refractivity contribution in [3.8, 4) is 0 Å². The standard InChI is InChI=1S/C31H40N4O6S/c1-20-28(30(37)33-26(17-23-11-7-5-8-12-23)27(36)18-32-25-15-16-25)21(2)35(42(4,39)40)22(3)29(20)31(38)34-41-19-24-13-9-6-10-14-24/h5-14,20,25-27,32,36H,15-19H2,1-4H3,(H,33,37)(H,34,38)/t20?,26-,27+/m0/s1. The van der Waals surface area contributed by atoms with Crippen LogP contribution in [0.5, 0.6) is 0 Å². The highest BCUT2D eigenvalue weighted by atomic mass is 32.2. The lowest BCUT2D eigenvalue weighted by atomic mass is 9.85. The van der Waals surface area contributed by atoms with Gasteiger partial charge in [-0.25, -0.2) is 18.2 Å². The summed E-state index contributed by atoms with van der Waals surface area (Å²) in [6.45, 7) is 5.18. The summed E-state index contributed by atoms with van der Waals surface area (Å²) in [4.78, 5) is 32.7. The number of aliphatic hydroxyl groups excluding tert-OH is 1. The zero-order valence-corrected chi connectivity index (χ0v) is 25.3. The normalized spacial score (nSPS) is 19.0. The quantitative estimate of drug-likeness (QED) is 0.261. The number of hydroxylamine groups is 1. The van der Waals surface area contributed by atoms with Gasteiger partial charge in [0.05, 0.1) is 25.0 Å². The van der Waals surface area contributed by atoms with E-state index in [1.54, 1.807) is 13.8 Å². The molecule has 1 saturated carbocycles. The molecule has 3 atom stereocenters. The number of rotatable bonds is 13. The number of carbonyl (C=O) groups is 2. The summed E-state index contributed by atoms with van der Waals surface area (Å²) in [5.74, 6) is -1.96. The minimum atomic E-state index is -3.89. The summed E-state index contributed by atoms with van der Waals surface area (Å²) in [6.07, 6.45) is 2.61. The van der Waals surface area contributed by atoms with Crippen LogP contribution >= 0.6 is 0 Å². The van der Waals surface area contributed by atoms with Crippen LogP contribution in [0.4, 0.5) is 0 Å². The van der Waals surface area contributed by atoms with Crippen molar-refractivity contribution in [3.63, 3.8) is 0 Å². The minimum Gasteiger partial charge on any atom is -0.390 e. The van der Waals surface area contributed by atoms with Crippen LogP contribution in [-0.2, 0) is 37.5 Å². The highest BCUT2D eigenvalue weighted by Gasteiger charge is 2.39. The second-order valence-corrected chi connectivity index (χ2v) is 12.8. The fourth-order valence-corrected chi connectivity index (χ4v) is 6.58. The van der Waals surface area contributed by atoms with E-state index in [2.05, 4.69) is 16.1 Å². The molecule has 2 amide bonds. The lowest BCUT2D eigenvalue weighted by molar-refractivity contribution is -0.131. The second kappa shape index (κ2) is 13.6. The summed E-state index contributed by atoms with van der Waals surface area (Å²) >= 11 is 0. The Hall–Kier alpha value is -3.51. The Morgan fingerprint density at radius 3 is 2.05 bits per heavy atom. The molecule has 0 radical (unpaired) electrons. The molecule has 10 nitrogen and oxygen atoms in total. The Morgan fingerprint density at radius 2 is 1.50 bits per heavy atom. The fraction of sp³-hybridized carbons (Fsp3) is 0.419. The van der Waals surface area contributed by atoms with Crippen LogP contribution in [0.15, 0.2) is 83.2 Å². The maximum Gasteiger partial charge on any atom is 0.273 e. The largest absolute Gasteiger partial charge is 0.390 e. The molecule has 1 unspecified atom stereocenters. The third-order valence-corrected chi connectivity index (χ3v) is 8.81. The molecule has 2 aromatic rings. The number of allylic oxidation sites excluding steroid dienone is 2. The predicted molar refractivity (Wildman–Crippen MR) is 160 cm³/mol. The maximum absolute atomic E-state index is 13.9. The number of nitrogens with zero attached hydrogens (tertiary/aromatic N) is 1. The van der Waals surface area contributed by atoms with Crippen LogP contribution in [0, 0.1) is 5.92 Å². The first-order chi connectivity index (χ1) is 20.0. The van der Waals surface area contributed by atoms with Gasteiger partial charge in [-0.15, -0.1) is 0 Å². The fourth-order valence-electron chi connectivity index (χ4n) is 5.39. The Bertz CT molecular complexity index is 1440. The van der Waals surface area contributed by atoms with Crippen LogP contribution < -0.4 is 16.1 Å². The molecule has 4 N–H and O–H groups in total. The van der Waals surface area contributed by atoms with Crippen LogP contribution in [0.3, 0.4) is 0 Å². The lowest BCUT2D eigenvalue weighted by Crippen LogP contribution is -2.51. The number of nitrogens with one attached hydrogen (secondary N) is 3. The zero-order chi connectivity index (χ0) is 30.4. The van der Waals surface area contributed by atoms with Gasteiger partial charge in [-0.3, -0.25) is 14.4 Å². The Labute approximate surface area is 247 Å². The highest BCUT2D eigenvalue weighted by Crippen LogP contribution is 2.37. The molecular weight excluding hydrogens is 556 g/mol. The zero-order valence-electron chi connectivity index (χ0n) is 24.5. The van der Waals surface area contributed by atoms with Crippen LogP contribution in [0.1, 0.15) is 44.7 Å². The van der Waals surface area contributed by atoms with E-state index < -0.39 is 39.9 Å². The van der Waals surface area contributed by atoms with Gasteiger partial charge >= 0.3 is 0 Å². The number of benzene rings is 2. The summed E-state index contributed by atoms with van der Waals surface area (Å²) < 4.78 is 26.8. The van der Waals surface area contributed by atoms with Crippen LogP contribution in [-0.4, -0.2) is 60.6 Å². The molecule has 42 heavy (non-hydrogen) atoms. The van der Waals surface area contributed by atoms with Crippen LogP contribution in [0.2, 0.25) is 0 Å². The first-order valence-corrected chi connectivity index (χ1v) is 16.0. The van der Waals surface area contributed by atoms with Gasteiger partial charge in [0.1, 0.15) is 0 Å². The van der Waals surface area contributed by atoms with Gasteiger partial charge in [0.25, 0.3) is 5.91 Å². The molecule has 0 bridgehead atoms. The summed E-state index contributed by atoms with van der Waals surface area (Å²) in [6, 6.07) is 18.5. The molecule has 2 aliphatic rings. The number of carbonyl (C=O) groups excluding carboxylic acids is 2. The van der Waals surface area contributed by atoms with Gasteiger partial charge < -0.3 is 15.7 Å². The van der Waals surface area contributed by atoms with E-state index in [-0.39, 0.29) is 29.1 Å². The molecule has 11 heteroatoms. The van der Waals surface area contributed by atoms with Crippen molar-refractivity contribution in [2.24, 2.45) is 5.92 Å². The second-order valence-electron chi connectivity index (χ2n) is 11.0. The monoisotopic (exact) mass is 596 g/mol.